The second-order valence-corrected chi connectivity index (χ2v) is 3.63. The van der Waals surface area contributed by atoms with E-state index in [4.69, 9.17) is 22.7 Å². The molecule has 3 heteroatoms. The predicted octanol–water partition coefficient (Wildman–Crippen LogP) is 2.42. The quantitative estimate of drug-likeness (QED) is 0.773. The summed E-state index contributed by atoms with van der Waals surface area (Å²) in [5, 5.41) is 0. The topological polar surface area (TPSA) is 35.2 Å². The number of hydrogen-bond acceptors (Lipinski definition) is 2. The van der Waals surface area contributed by atoms with Gasteiger partial charge in [0.05, 0.1) is 6.61 Å². The summed E-state index contributed by atoms with van der Waals surface area (Å²) in [5.74, 6) is 0.879. The van der Waals surface area contributed by atoms with Gasteiger partial charge in [-0.15, -0.1) is 0 Å². The van der Waals surface area contributed by atoms with E-state index in [-0.39, 0.29) is 0 Å². The summed E-state index contributed by atoms with van der Waals surface area (Å²) in [4.78, 5) is 0.435. The largest absolute Gasteiger partial charge is 0.494 e. The molecule has 0 unspecified atom stereocenters. The van der Waals surface area contributed by atoms with Gasteiger partial charge in [0.1, 0.15) is 10.7 Å². The van der Waals surface area contributed by atoms with E-state index in [9.17, 15) is 0 Å². The highest BCUT2D eigenvalue weighted by atomic mass is 32.1. The van der Waals surface area contributed by atoms with Gasteiger partial charge in [0.2, 0.25) is 0 Å². The molecule has 2 nitrogen and oxygen atoms in total. The molecule has 0 radical (unpaired) electrons. The fraction of sp³-hybridized carbons (Fsp3) is 0.364. The number of ether oxygens (including phenoxy) is 1. The van der Waals surface area contributed by atoms with E-state index in [0.717, 1.165) is 29.9 Å². The summed E-state index contributed by atoms with van der Waals surface area (Å²) in [6, 6.07) is 5.77. The molecule has 2 N–H and O–H groups in total. The fourth-order valence-corrected chi connectivity index (χ4v) is 1.45. The van der Waals surface area contributed by atoms with E-state index < -0.39 is 0 Å². The first-order valence-corrected chi connectivity index (χ1v) is 5.09. The van der Waals surface area contributed by atoms with Crippen LogP contribution in [0.1, 0.15) is 24.5 Å². The Bertz CT molecular complexity index is 336. The summed E-state index contributed by atoms with van der Waals surface area (Å²) in [5.41, 5.74) is 7.54. The molecule has 0 fully saturated rings. The van der Waals surface area contributed by atoms with Crippen molar-refractivity contribution in [1.82, 2.24) is 0 Å². The third-order valence-electron chi connectivity index (χ3n) is 1.94. The van der Waals surface area contributed by atoms with Crippen LogP contribution in [0.3, 0.4) is 0 Å². The van der Waals surface area contributed by atoms with Crippen molar-refractivity contribution in [3.05, 3.63) is 29.3 Å². The molecular weight excluding hydrogens is 194 g/mol. The second-order valence-electron chi connectivity index (χ2n) is 3.19. The van der Waals surface area contributed by atoms with E-state index in [1.165, 1.54) is 0 Å². The van der Waals surface area contributed by atoms with Gasteiger partial charge in [-0.3, -0.25) is 0 Å². The molecule has 0 aliphatic rings. The Morgan fingerprint density at radius 3 is 2.71 bits per heavy atom. The minimum absolute atomic E-state index is 0.435. The zero-order chi connectivity index (χ0) is 10.6. The Balaban J connectivity index is 2.83. The molecule has 14 heavy (non-hydrogen) atoms. The van der Waals surface area contributed by atoms with Gasteiger partial charge in [-0.1, -0.05) is 19.1 Å². The lowest BCUT2D eigenvalue weighted by Gasteiger charge is -2.08. The summed E-state index contributed by atoms with van der Waals surface area (Å²) >= 11 is 4.92. The van der Waals surface area contributed by atoms with Crippen LogP contribution < -0.4 is 10.5 Å². The van der Waals surface area contributed by atoms with Crippen molar-refractivity contribution in [3.8, 4) is 5.75 Å². The van der Waals surface area contributed by atoms with Crippen molar-refractivity contribution in [3.63, 3.8) is 0 Å². The molecule has 1 aromatic carbocycles. The van der Waals surface area contributed by atoms with Crippen molar-refractivity contribution in [2.24, 2.45) is 5.73 Å². The van der Waals surface area contributed by atoms with Crippen LogP contribution in [0.2, 0.25) is 0 Å². The first-order chi connectivity index (χ1) is 6.65. The molecule has 1 rings (SSSR count). The molecule has 0 saturated carbocycles. The van der Waals surface area contributed by atoms with Crippen molar-refractivity contribution in [2.75, 3.05) is 6.61 Å². The standard InChI is InChI=1S/C11H15NOS/c1-3-6-13-9-4-5-10(11(12)14)8(2)7-9/h4-5,7H,3,6H2,1-2H3,(H2,12,14). The molecular formula is C11H15NOS. The highest BCUT2D eigenvalue weighted by molar-refractivity contribution is 7.80. The number of aryl methyl sites for hydroxylation is 1. The Morgan fingerprint density at radius 2 is 2.21 bits per heavy atom. The average molecular weight is 209 g/mol. The van der Waals surface area contributed by atoms with Gasteiger partial charge < -0.3 is 10.5 Å². The van der Waals surface area contributed by atoms with E-state index in [1.54, 1.807) is 0 Å². The SMILES string of the molecule is CCCOc1ccc(C(N)=S)c(C)c1. The Morgan fingerprint density at radius 1 is 1.50 bits per heavy atom. The maximum Gasteiger partial charge on any atom is 0.119 e. The van der Waals surface area contributed by atoms with E-state index in [0.29, 0.717) is 4.99 Å². The van der Waals surface area contributed by atoms with Crippen LogP contribution in [0, 0.1) is 6.92 Å². The fourth-order valence-electron chi connectivity index (χ4n) is 1.22. The molecule has 0 spiro atoms. The first kappa shape index (κ1) is 11.0. The van der Waals surface area contributed by atoms with Gasteiger partial charge in [-0.05, 0) is 37.1 Å². The molecule has 0 aromatic heterocycles. The third kappa shape index (κ3) is 2.70. The monoisotopic (exact) mass is 209 g/mol. The maximum atomic E-state index is 5.56. The van der Waals surface area contributed by atoms with Crippen molar-refractivity contribution < 1.29 is 4.74 Å². The van der Waals surface area contributed by atoms with Gasteiger partial charge in [0.25, 0.3) is 0 Å². The summed E-state index contributed by atoms with van der Waals surface area (Å²) in [6.07, 6.45) is 1.01. The number of thiocarbonyl (C=S) groups is 1. The van der Waals surface area contributed by atoms with E-state index >= 15 is 0 Å². The molecule has 0 heterocycles. The molecule has 0 amide bonds. The summed E-state index contributed by atoms with van der Waals surface area (Å²) in [7, 11) is 0. The van der Waals surface area contributed by atoms with Gasteiger partial charge in [0.15, 0.2) is 0 Å². The Kier molecular flexibility index (Phi) is 3.89. The van der Waals surface area contributed by atoms with Crippen LogP contribution in [-0.2, 0) is 0 Å². The van der Waals surface area contributed by atoms with E-state index in [2.05, 4.69) is 6.92 Å². The lowest BCUT2D eigenvalue weighted by atomic mass is 10.1. The second kappa shape index (κ2) is 4.96. The summed E-state index contributed by atoms with van der Waals surface area (Å²) in [6.45, 7) is 4.80. The molecule has 0 atom stereocenters. The number of nitrogens with two attached hydrogens (primary N) is 1. The van der Waals surface area contributed by atoms with Crippen molar-refractivity contribution in [2.45, 2.75) is 20.3 Å². The summed E-state index contributed by atoms with van der Waals surface area (Å²) < 4.78 is 5.49. The van der Waals surface area contributed by atoms with Gasteiger partial charge in [-0.2, -0.15) is 0 Å². The first-order valence-electron chi connectivity index (χ1n) is 4.68. The average Bonchev–Trinajstić information content (AvgIpc) is 2.14. The number of hydrogen-bond donors (Lipinski definition) is 1. The lowest BCUT2D eigenvalue weighted by molar-refractivity contribution is 0.317. The van der Waals surface area contributed by atoms with E-state index in [1.807, 2.05) is 25.1 Å². The van der Waals surface area contributed by atoms with Crippen molar-refractivity contribution >= 4 is 17.2 Å². The zero-order valence-corrected chi connectivity index (χ0v) is 9.36. The van der Waals surface area contributed by atoms with Gasteiger partial charge in [0, 0.05) is 5.56 Å². The number of rotatable bonds is 4. The third-order valence-corrected chi connectivity index (χ3v) is 2.16. The highest BCUT2D eigenvalue weighted by Gasteiger charge is 2.02. The smallest absolute Gasteiger partial charge is 0.119 e. The Labute approximate surface area is 90.1 Å². The lowest BCUT2D eigenvalue weighted by Crippen LogP contribution is -2.11. The van der Waals surface area contributed by atoms with Crippen LogP contribution >= 0.6 is 12.2 Å². The number of benzene rings is 1. The minimum atomic E-state index is 0.435. The van der Waals surface area contributed by atoms with Crippen LogP contribution in [0.4, 0.5) is 0 Å². The molecule has 0 bridgehead atoms. The molecule has 76 valence electrons. The van der Waals surface area contributed by atoms with Gasteiger partial charge in [-0.25, -0.2) is 0 Å². The Hall–Kier alpha value is -1.09. The van der Waals surface area contributed by atoms with Crippen LogP contribution in [0.25, 0.3) is 0 Å². The molecule has 1 aromatic rings. The zero-order valence-electron chi connectivity index (χ0n) is 8.54. The maximum absolute atomic E-state index is 5.56. The van der Waals surface area contributed by atoms with Crippen LogP contribution in [-0.4, -0.2) is 11.6 Å². The van der Waals surface area contributed by atoms with Crippen molar-refractivity contribution in [1.29, 1.82) is 0 Å². The highest BCUT2D eigenvalue weighted by Crippen LogP contribution is 2.17. The minimum Gasteiger partial charge on any atom is -0.494 e. The normalized spacial score (nSPS) is 9.86. The van der Waals surface area contributed by atoms with Crippen LogP contribution in [0.5, 0.6) is 5.75 Å². The van der Waals surface area contributed by atoms with Crippen LogP contribution in [0.15, 0.2) is 18.2 Å². The molecule has 0 aliphatic carbocycles. The molecule has 0 saturated heterocycles. The predicted molar refractivity (Wildman–Crippen MR) is 62.9 cm³/mol. The van der Waals surface area contributed by atoms with Gasteiger partial charge >= 0.3 is 0 Å². The molecule has 0 aliphatic heterocycles.